The maximum Gasteiger partial charge on any atom is 0.271 e. The van der Waals surface area contributed by atoms with Crippen LogP contribution in [0.3, 0.4) is 0 Å². The number of benzene rings is 3. The molecule has 0 radical (unpaired) electrons. The molecule has 0 N–H and O–H groups in total. The van der Waals surface area contributed by atoms with Gasteiger partial charge in [-0.1, -0.05) is 78.6 Å². The van der Waals surface area contributed by atoms with Crippen LogP contribution in [0.5, 0.6) is 11.5 Å². The summed E-state index contributed by atoms with van der Waals surface area (Å²) >= 11 is 1.42. The molecule has 3 aromatic carbocycles. The van der Waals surface area contributed by atoms with Gasteiger partial charge in [0.05, 0.1) is 23.4 Å². The van der Waals surface area contributed by atoms with E-state index < -0.39 is 0 Å². The molecule has 0 amide bonds. The smallest absolute Gasteiger partial charge is 0.271 e. The van der Waals surface area contributed by atoms with Gasteiger partial charge in [-0.15, -0.1) is 0 Å². The fraction of sp³-hybridized carbons (Fsp3) is 0.161. The zero-order valence-electron chi connectivity index (χ0n) is 20.5. The number of aromatic nitrogens is 1. The molecular formula is C31H26N2O3S. The Hall–Kier alpha value is -4.16. The second-order valence-corrected chi connectivity index (χ2v) is 10.0. The molecule has 0 saturated heterocycles. The Kier molecular flexibility index (Phi) is 6.10. The predicted molar refractivity (Wildman–Crippen MR) is 148 cm³/mol. The number of rotatable bonds is 6. The Morgan fingerprint density at radius 1 is 1.08 bits per heavy atom. The van der Waals surface area contributed by atoms with Crippen molar-refractivity contribution in [1.82, 2.24) is 4.57 Å². The highest BCUT2D eigenvalue weighted by atomic mass is 32.1. The molecule has 0 spiro atoms. The molecule has 0 saturated carbocycles. The van der Waals surface area contributed by atoms with Crippen molar-refractivity contribution >= 4 is 23.1 Å². The summed E-state index contributed by atoms with van der Waals surface area (Å²) in [6, 6.07) is 23.8. The van der Waals surface area contributed by atoms with Gasteiger partial charge in [0.15, 0.2) is 4.80 Å². The van der Waals surface area contributed by atoms with Crippen LogP contribution in [0.2, 0.25) is 0 Å². The highest BCUT2D eigenvalue weighted by molar-refractivity contribution is 7.07. The fourth-order valence-corrected chi connectivity index (χ4v) is 6.19. The molecule has 37 heavy (non-hydrogen) atoms. The SMILES string of the molecule is C=CCOc1cccc(/C=c2/sc3n(c2=O)[C@H](c2ccccc2OC)C2=C(N=3)c3ccccc3CC2)c1. The number of allylic oxidation sites excluding steroid dienone is 1. The van der Waals surface area contributed by atoms with E-state index >= 15 is 0 Å². The minimum Gasteiger partial charge on any atom is -0.496 e. The summed E-state index contributed by atoms with van der Waals surface area (Å²) < 4.78 is 13.9. The van der Waals surface area contributed by atoms with E-state index in [4.69, 9.17) is 14.5 Å². The van der Waals surface area contributed by atoms with Gasteiger partial charge in [-0.2, -0.15) is 0 Å². The summed E-state index contributed by atoms with van der Waals surface area (Å²) in [7, 11) is 1.68. The Balaban J connectivity index is 1.58. The van der Waals surface area contributed by atoms with Crippen molar-refractivity contribution in [2.45, 2.75) is 18.9 Å². The lowest BCUT2D eigenvalue weighted by Crippen LogP contribution is -2.39. The molecule has 2 aliphatic rings. The summed E-state index contributed by atoms with van der Waals surface area (Å²) in [5.41, 5.74) is 6.39. The molecule has 6 rings (SSSR count). The van der Waals surface area contributed by atoms with Gasteiger partial charge in [-0.25, -0.2) is 4.99 Å². The normalized spacial score (nSPS) is 16.4. The summed E-state index contributed by atoms with van der Waals surface area (Å²) in [6.45, 7) is 4.13. The maximum atomic E-state index is 14.0. The van der Waals surface area contributed by atoms with Crippen LogP contribution in [0.4, 0.5) is 0 Å². The van der Waals surface area contributed by atoms with Crippen molar-refractivity contribution in [2.24, 2.45) is 4.99 Å². The predicted octanol–water partition coefficient (Wildman–Crippen LogP) is 4.89. The first-order valence-corrected chi connectivity index (χ1v) is 13.1. The van der Waals surface area contributed by atoms with E-state index in [0.717, 1.165) is 52.3 Å². The Morgan fingerprint density at radius 2 is 1.92 bits per heavy atom. The van der Waals surface area contributed by atoms with Gasteiger partial charge in [0.1, 0.15) is 18.1 Å². The molecule has 1 aromatic heterocycles. The second kappa shape index (κ2) is 9.71. The standard InChI is InChI=1S/C31H26N2O3S/c1-3-17-36-22-11-8-9-20(18-22)19-27-30(34)33-29(24-13-6-7-14-26(24)35-2)25-16-15-21-10-4-5-12-23(21)28(25)32-31(33)37-27/h3-14,18-19,29H,1,15-17H2,2H3/b27-19+/t29-/m1/s1. The summed E-state index contributed by atoms with van der Waals surface area (Å²) in [5.74, 6) is 1.50. The maximum absolute atomic E-state index is 14.0. The average Bonchev–Trinajstić information content (AvgIpc) is 3.25. The van der Waals surface area contributed by atoms with Gasteiger partial charge in [-0.05, 0) is 53.8 Å². The molecule has 5 nitrogen and oxygen atoms in total. The molecule has 6 heteroatoms. The van der Waals surface area contributed by atoms with Gasteiger partial charge < -0.3 is 9.47 Å². The van der Waals surface area contributed by atoms with Crippen LogP contribution in [0, 0.1) is 0 Å². The summed E-state index contributed by atoms with van der Waals surface area (Å²) in [6.07, 6.45) is 5.38. The molecule has 0 bridgehead atoms. The van der Waals surface area contributed by atoms with Crippen LogP contribution in [0.1, 0.15) is 34.7 Å². The zero-order valence-corrected chi connectivity index (χ0v) is 21.3. The van der Waals surface area contributed by atoms with E-state index in [0.29, 0.717) is 15.9 Å². The van der Waals surface area contributed by atoms with Gasteiger partial charge in [0.25, 0.3) is 5.56 Å². The van der Waals surface area contributed by atoms with E-state index in [2.05, 4.69) is 36.9 Å². The highest BCUT2D eigenvalue weighted by Gasteiger charge is 2.33. The third-order valence-electron chi connectivity index (χ3n) is 6.83. The first kappa shape index (κ1) is 23.3. The first-order valence-electron chi connectivity index (χ1n) is 12.3. The topological polar surface area (TPSA) is 52.8 Å². The molecule has 4 aromatic rings. The average molecular weight is 507 g/mol. The molecule has 184 valence electrons. The number of aryl methyl sites for hydroxylation is 1. The van der Waals surface area contributed by atoms with E-state index in [1.807, 2.05) is 53.1 Å². The lowest BCUT2D eigenvalue weighted by molar-refractivity contribution is 0.363. The van der Waals surface area contributed by atoms with E-state index in [9.17, 15) is 4.79 Å². The Bertz CT molecular complexity index is 1730. The lowest BCUT2D eigenvalue weighted by Gasteiger charge is -2.31. The first-order chi connectivity index (χ1) is 18.2. The minimum absolute atomic E-state index is 0.0533. The van der Waals surface area contributed by atoms with Crippen molar-refractivity contribution in [3.63, 3.8) is 0 Å². The van der Waals surface area contributed by atoms with Crippen LogP contribution in [-0.4, -0.2) is 18.3 Å². The van der Waals surface area contributed by atoms with E-state index in [1.54, 1.807) is 13.2 Å². The number of para-hydroxylation sites is 1. The number of methoxy groups -OCH3 is 1. The second-order valence-electron chi connectivity index (χ2n) is 9.03. The number of ether oxygens (including phenoxy) is 2. The number of hydrogen-bond acceptors (Lipinski definition) is 5. The highest BCUT2D eigenvalue weighted by Crippen LogP contribution is 2.43. The van der Waals surface area contributed by atoms with Crippen LogP contribution < -0.4 is 24.4 Å². The van der Waals surface area contributed by atoms with Gasteiger partial charge in [-0.3, -0.25) is 9.36 Å². The molecular weight excluding hydrogens is 480 g/mol. The van der Waals surface area contributed by atoms with Gasteiger partial charge in [0, 0.05) is 11.1 Å². The number of hydrogen-bond donors (Lipinski definition) is 0. The molecule has 1 aliphatic heterocycles. The molecule has 1 atom stereocenters. The van der Waals surface area contributed by atoms with Crippen molar-refractivity contribution in [2.75, 3.05) is 13.7 Å². The monoisotopic (exact) mass is 506 g/mol. The quantitative estimate of drug-likeness (QED) is 0.350. The largest absolute Gasteiger partial charge is 0.496 e. The molecule has 0 unspecified atom stereocenters. The fourth-order valence-electron chi connectivity index (χ4n) is 5.19. The summed E-state index contributed by atoms with van der Waals surface area (Å²) in [5, 5.41) is 0. The van der Waals surface area contributed by atoms with Crippen LogP contribution in [0.15, 0.2) is 101 Å². The van der Waals surface area contributed by atoms with E-state index in [1.165, 1.54) is 16.9 Å². The zero-order chi connectivity index (χ0) is 25.4. The lowest BCUT2D eigenvalue weighted by atomic mass is 9.83. The van der Waals surface area contributed by atoms with Crippen LogP contribution in [0.25, 0.3) is 11.8 Å². The number of fused-ring (bicyclic) bond motifs is 3. The molecule has 0 fully saturated rings. The molecule has 2 heterocycles. The third-order valence-corrected chi connectivity index (χ3v) is 7.81. The van der Waals surface area contributed by atoms with E-state index in [-0.39, 0.29) is 11.6 Å². The molecule has 1 aliphatic carbocycles. The summed E-state index contributed by atoms with van der Waals surface area (Å²) in [4.78, 5) is 19.7. The van der Waals surface area contributed by atoms with Gasteiger partial charge >= 0.3 is 0 Å². The number of nitrogens with zero attached hydrogens (tertiary/aromatic N) is 2. The van der Waals surface area contributed by atoms with Crippen LogP contribution >= 0.6 is 11.3 Å². The number of thiazole rings is 1. The van der Waals surface area contributed by atoms with Crippen molar-refractivity contribution in [1.29, 1.82) is 0 Å². The van der Waals surface area contributed by atoms with Gasteiger partial charge in [0.2, 0.25) is 0 Å². The Morgan fingerprint density at radius 3 is 2.78 bits per heavy atom. The third kappa shape index (κ3) is 4.13. The van der Waals surface area contributed by atoms with Crippen molar-refractivity contribution < 1.29 is 9.47 Å². The Labute approximate surface area is 219 Å². The van der Waals surface area contributed by atoms with Crippen molar-refractivity contribution in [3.8, 4) is 11.5 Å². The van der Waals surface area contributed by atoms with Crippen molar-refractivity contribution in [3.05, 3.63) is 133 Å². The van der Waals surface area contributed by atoms with Crippen LogP contribution in [-0.2, 0) is 6.42 Å². The minimum atomic E-state index is -0.278.